The van der Waals surface area contributed by atoms with Crippen LogP contribution in [-0.4, -0.2) is 60.5 Å². The van der Waals surface area contributed by atoms with Crippen molar-refractivity contribution in [2.45, 2.75) is 52.0 Å². The number of amides is 1. The lowest BCUT2D eigenvalue weighted by Gasteiger charge is -2.36. The Kier molecular flexibility index (Phi) is 6.03. The van der Waals surface area contributed by atoms with Crippen LogP contribution in [-0.2, 0) is 14.3 Å². The Labute approximate surface area is 127 Å². The van der Waals surface area contributed by atoms with Gasteiger partial charge < -0.3 is 9.64 Å². The molecule has 1 amide bonds. The summed E-state index contributed by atoms with van der Waals surface area (Å²) >= 11 is 0. The average molecular weight is 296 g/mol. The smallest absolute Gasteiger partial charge is 0.323 e. The van der Waals surface area contributed by atoms with Crippen LogP contribution >= 0.6 is 0 Å². The Morgan fingerprint density at radius 1 is 1.14 bits per heavy atom. The molecule has 0 aromatic heterocycles. The summed E-state index contributed by atoms with van der Waals surface area (Å²) < 4.78 is 5.15. The molecule has 0 aromatic carbocycles. The zero-order valence-electron chi connectivity index (χ0n) is 13.3. The van der Waals surface area contributed by atoms with E-state index in [0.717, 1.165) is 45.3 Å². The van der Waals surface area contributed by atoms with Crippen molar-refractivity contribution in [2.75, 3.05) is 32.8 Å². The summed E-state index contributed by atoms with van der Waals surface area (Å²) in [5.41, 5.74) is 0. The summed E-state index contributed by atoms with van der Waals surface area (Å²) in [6.45, 7) is 7.32. The van der Waals surface area contributed by atoms with Gasteiger partial charge in [-0.2, -0.15) is 0 Å². The SMILES string of the molecule is CCOC(=O)C1CCCCN1CC(=O)N1CCCC(C)C1. The number of piperidine rings is 2. The summed E-state index contributed by atoms with van der Waals surface area (Å²) in [6.07, 6.45) is 5.20. The van der Waals surface area contributed by atoms with E-state index in [4.69, 9.17) is 4.74 Å². The number of rotatable bonds is 4. The predicted molar refractivity (Wildman–Crippen MR) is 80.8 cm³/mol. The molecule has 2 heterocycles. The van der Waals surface area contributed by atoms with E-state index in [2.05, 4.69) is 6.92 Å². The molecule has 0 radical (unpaired) electrons. The van der Waals surface area contributed by atoms with Crippen LogP contribution in [0.3, 0.4) is 0 Å². The molecule has 2 rings (SSSR count). The van der Waals surface area contributed by atoms with E-state index in [1.807, 2.05) is 16.7 Å². The number of ether oxygens (including phenoxy) is 1. The first-order valence-corrected chi connectivity index (χ1v) is 8.30. The standard InChI is InChI=1S/C16H28N2O3/c1-3-21-16(20)14-8-4-5-9-17(14)12-15(19)18-10-6-7-13(2)11-18/h13-14H,3-12H2,1-2H3. The fraction of sp³-hybridized carbons (Fsp3) is 0.875. The Balaban J connectivity index is 1.92. The fourth-order valence-corrected chi connectivity index (χ4v) is 3.38. The third kappa shape index (κ3) is 4.43. The normalized spacial score (nSPS) is 27.4. The maximum absolute atomic E-state index is 12.5. The van der Waals surface area contributed by atoms with Crippen LogP contribution in [0.5, 0.6) is 0 Å². The highest BCUT2D eigenvalue weighted by atomic mass is 16.5. The zero-order valence-corrected chi connectivity index (χ0v) is 13.3. The van der Waals surface area contributed by atoms with Gasteiger partial charge in [0.25, 0.3) is 0 Å². The minimum absolute atomic E-state index is 0.165. The second-order valence-electron chi connectivity index (χ2n) is 6.32. The Hall–Kier alpha value is -1.10. The molecular weight excluding hydrogens is 268 g/mol. The van der Waals surface area contributed by atoms with Gasteiger partial charge in [0.15, 0.2) is 0 Å². The number of likely N-dealkylation sites (tertiary alicyclic amines) is 2. The van der Waals surface area contributed by atoms with Gasteiger partial charge in [0, 0.05) is 13.1 Å². The van der Waals surface area contributed by atoms with Crippen molar-refractivity contribution in [3.63, 3.8) is 0 Å². The van der Waals surface area contributed by atoms with Gasteiger partial charge in [0.05, 0.1) is 13.2 Å². The largest absolute Gasteiger partial charge is 0.465 e. The first-order valence-electron chi connectivity index (χ1n) is 8.30. The van der Waals surface area contributed by atoms with Gasteiger partial charge in [0.2, 0.25) is 5.91 Å². The Morgan fingerprint density at radius 3 is 2.67 bits per heavy atom. The molecule has 5 nitrogen and oxygen atoms in total. The summed E-state index contributed by atoms with van der Waals surface area (Å²) in [5.74, 6) is 0.583. The fourth-order valence-electron chi connectivity index (χ4n) is 3.38. The minimum atomic E-state index is -0.232. The number of esters is 1. The Bertz CT molecular complexity index is 373. The number of nitrogens with zero attached hydrogens (tertiary/aromatic N) is 2. The average Bonchev–Trinajstić information content (AvgIpc) is 2.48. The van der Waals surface area contributed by atoms with E-state index in [1.165, 1.54) is 6.42 Å². The molecule has 0 bridgehead atoms. The van der Waals surface area contributed by atoms with Crippen molar-refractivity contribution < 1.29 is 14.3 Å². The van der Waals surface area contributed by atoms with Gasteiger partial charge in [-0.3, -0.25) is 14.5 Å². The van der Waals surface area contributed by atoms with E-state index in [9.17, 15) is 9.59 Å². The molecule has 0 N–H and O–H groups in total. The molecule has 0 aromatic rings. The Morgan fingerprint density at radius 2 is 1.95 bits per heavy atom. The van der Waals surface area contributed by atoms with Gasteiger partial charge in [-0.05, 0) is 45.1 Å². The first-order chi connectivity index (χ1) is 10.1. The topological polar surface area (TPSA) is 49.9 Å². The molecule has 0 saturated carbocycles. The number of hydrogen-bond acceptors (Lipinski definition) is 4. The van der Waals surface area contributed by atoms with Crippen LogP contribution in [0.15, 0.2) is 0 Å². The van der Waals surface area contributed by atoms with Gasteiger partial charge in [-0.15, -0.1) is 0 Å². The molecule has 5 heteroatoms. The minimum Gasteiger partial charge on any atom is -0.465 e. The third-order valence-corrected chi connectivity index (χ3v) is 4.52. The lowest BCUT2D eigenvalue weighted by Crippen LogP contribution is -2.51. The summed E-state index contributed by atoms with van der Waals surface area (Å²) in [7, 11) is 0. The lowest BCUT2D eigenvalue weighted by atomic mass is 9.99. The molecule has 0 aliphatic carbocycles. The van der Waals surface area contributed by atoms with Crippen molar-refractivity contribution >= 4 is 11.9 Å². The molecule has 2 unspecified atom stereocenters. The molecule has 2 aliphatic rings. The third-order valence-electron chi connectivity index (χ3n) is 4.52. The molecule has 2 saturated heterocycles. The van der Waals surface area contributed by atoms with E-state index in [1.54, 1.807) is 0 Å². The highest BCUT2D eigenvalue weighted by Gasteiger charge is 2.32. The second-order valence-corrected chi connectivity index (χ2v) is 6.32. The van der Waals surface area contributed by atoms with E-state index in [0.29, 0.717) is 19.1 Å². The van der Waals surface area contributed by atoms with E-state index in [-0.39, 0.29) is 17.9 Å². The summed E-state index contributed by atoms with van der Waals surface area (Å²) in [6, 6.07) is -0.232. The van der Waals surface area contributed by atoms with Crippen molar-refractivity contribution in [1.82, 2.24) is 9.80 Å². The highest BCUT2D eigenvalue weighted by Crippen LogP contribution is 2.20. The zero-order chi connectivity index (χ0) is 15.2. The highest BCUT2D eigenvalue weighted by molar-refractivity contribution is 5.80. The van der Waals surface area contributed by atoms with Crippen molar-refractivity contribution in [3.8, 4) is 0 Å². The quantitative estimate of drug-likeness (QED) is 0.740. The van der Waals surface area contributed by atoms with Crippen LogP contribution in [0, 0.1) is 5.92 Å². The molecule has 2 atom stereocenters. The number of carbonyl (C=O) groups is 2. The van der Waals surface area contributed by atoms with Crippen molar-refractivity contribution in [3.05, 3.63) is 0 Å². The van der Waals surface area contributed by atoms with Crippen LogP contribution < -0.4 is 0 Å². The van der Waals surface area contributed by atoms with Crippen LogP contribution in [0.25, 0.3) is 0 Å². The molecule has 2 fully saturated rings. The van der Waals surface area contributed by atoms with Crippen molar-refractivity contribution in [2.24, 2.45) is 5.92 Å². The summed E-state index contributed by atoms with van der Waals surface area (Å²) in [4.78, 5) is 28.5. The lowest BCUT2D eigenvalue weighted by molar-refractivity contribution is -0.152. The number of carbonyl (C=O) groups excluding carboxylic acids is 2. The van der Waals surface area contributed by atoms with E-state index < -0.39 is 0 Å². The van der Waals surface area contributed by atoms with Crippen LogP contribution in [0.2, 0.25) is 0 Å². The van der Waals surface area contributed by atoms with Gasteiger partial charge >= 0.3 is 5.97 Å². The maximum Gasteiger partial charge on any atom is 0.323 e. The van der Waals surface area contributed by atoms with Crippen molar-refractivity contribution in [1.29, 1.82) is 0 Å². The molecule has 2 aliphatic heterocycles. The molecule has 0 spiro atoms. The maximum atomic E-state index is 12.5. The molecular formula is C16H28N2O3. The van der Waals surface area contributed by atoms with Crippen LogP contribution in [0.4, 0.5) is 0 Å². The number of hydrogen-bond donors (Lipinski definition) is 0. The second kappa shape index (κ2) is 7.78. The van der Waals surface area contributed by atoms with Crippen LogP contribution in [0.1, 0.15) is 46.0 Å². The van der Waals surface area contributed by atoms with E-state index >= 15 is 0 Å². The summed E-state index contributed by atoms with van der Waals surface area (Å²) in [5, 5.41) is 0. The molecule has 120 valence electrons. The first kappa shape index (κ1) is 16.3. The van der Waals surface area contributed by atoms with Gasteiger partial charge in [0.1, 0.15) is 6.04 Å². The monoisotopic (exact) mass is 296 g/mol. The van der Waals surface area contributed by atoms with Gasteiger partial charge in [-0.1, -0.05) is 13.3 Å². The predicted octanol–water partition coefficient (Wildman–Crippen LogP) is 1.66. The van der Waals surface area contributed by atoms with Gasteiger partial charge in [-0.25, -0.2) is 0 Å². The molecule has 21 heavy (non-hydrogen) atoms.